The fraction of sp³-hybridized carbons (Fsp3) is 0.769. The summed E-state index contributed by atoms with van der Waals surface area (Å²) in [5.74, 6) is 0.317. The van der Waals surface area contributed by atoms with Gasteiger partial charge in [0.2, 0.25) is 0 Å². The average Bonchev–Trinajstić information content (AvgIpc) is 2.72. The van der Waals surface area contributed by atoms with E-state index in [0.717, 1.165) is 57.3 Å². The van der Waals surface area contributed by atoms with Crippen LogP contribution >= 0.6 is 12.2 Å². The fourth-order valence-electron chi connectivity index (χ4n) is 2.00. The van der Waals surface area contributed by atoms with Gasteiger partial charge in [0.1, 0.15) is 5.82 Å². The van der Waals surface area contributed by atoms with Crippen LogP contribution in [0.15, 0.2) is 0 Å². The van der Waals surface area contributed by atoms with Crippen LogP contribution in [0.5, 0.6) is 0 Å². The molecule has 19 heavy (non-hydrogen) atoms. The maximum absolute atomic E-state index is 10.4. The summed E-state index contributed by atoms with van der Waals surface area (Å²) in [6.07, 6.45) is 7.23. The van der Waals surface area contributed by atoms with Gasteiger partial charge in [-0.2, -0.15) is 5.10 Å². The lowest BCUT2D eigenvalue weighted by atomic mass is 10.1. The molecule has 0 radical (unpaired) electrons. The van der Waals surface area contributed by atoms with E-state index in [-0.39, 0.29) is 6.42 Å². The van der Waals surface area contributed by atoms with Gasteiger partial charge >= 0.3 is 5.97 Å². The number of nitrogens with zero attached hydrogens (tertiary/aromatic N) is 2. The largest absolute Gasteiger partial charge is 0.481 e. The molecule has 0 aliphatic carbocycles. The monoisotopic (exact) mass is 285 g/mol. The highest BCUT2D eigenvalue weighted by molar-refractivity contribution is 7.71. The molecular weight excluding hydrogens is 262 g/mol. The Bertz CT molecular complexity index is 439. The number of H-pyrrole nitrogens is 1. The van der Waals surface area contributed by atoms with Gasteiger partial charge in [-0.25, -0.2) is 0 Å². The highest BCUT2D eigenvalue weighted by Gasteiger charge is 2.05. The Morgan fingerprint density at radius 1 is 1.32 bits per heavy atom. The highest BCUT2D eigenvalue weighted by atomic mass is 32.1. The van der Waals surface area contributed by atoms with Crippen LogP contribution in [0.25, 0.3) is 0 Å². The van der Waals surface area contributed by atoms with Crippen molar-refractivity contribution in [1.29, 1.82) is 0 Å². The molecule has 0 saturated carbocycles. The van der Waals surface area contributed by atoms with Gasteiger partial charge in [-0.1, -0.05) is 26.2 Å². The number of aryl methyl sites for hydroxylation is 1. The summed E-state index contributed by atoms with van der Waals surface area (Å²) >= 11 is 5.21. The minimum atomic E-state index is -0.708. The topological polar surface area (TPSA) is 70.9 Å². The zero-order valence-electron chi connectivity index (χ0n) is 11.5. The summed E-state index contributed by atoms with van der Waals surface area (Å²) < 4.78 is 2.78. The number of aromatic nitrogens is 3. The number of hydrogen-bond donors (Lipinski definition) is 2. The number of carboxylic acids is 1. The van der Waals surface area contributed by atoms with Gasteiger partial charge in [-0.3, -0.25) is 9.89 Å². The Balaban J connectivity index is 2.29. The lowest BCUT2D eigenvalue weighted by Gasteiger charge is -2.05. The predicted molar refractivity (Wildman–Crippen MR) is 76.7 cm³/mol. The molecule has 6 heteroatoms. The van der Waals surface area contributed by atoms with Gasteiger partial charge in [0, 0.05) is 19.4 Å². The summed E-state index contributed by atoms with van der Waals surface area (Å²) in [5, 5.41) is 15.7. The molecule has 0 spiro atoms. The van der Waals surface area contributed by atoms with Crippen molar-refractivity contribution in [3.63, 3.8) is 0 Å². The van der Waals surface area contributed by atoms with Crippen molar-refractivity contribution in [3.05, 3.63) is 10.6 Å². The first-order valence-corrected chi connectivity index (χ1v) is 7.41. The molecule has 5 nitrogen and oxygen atoms in total. The third-order valence-electron chi connectivity index (χ3n) is 3.11. The van der Waals surface area contributed by atoms with Gasteiger partial charge in [-0.05, 0) is 31.5 Å². The molecule has 1 aromatic heterocycles. The van der Waals surface area contributed by atoms with E-state index >= 15 is 0 Å². The number of carboxylic acid groups (broad SMARTS) is 1. The smallest absolute Gasteiger partial charge is 0.303 e. The van der Waals surface area contributed by atoms with Crippen molar-refractivity contribution >= 4 is 18.2 Å². The van der Waals surface area contributed by atoms with Crippen molar-refractivity contribution in [3.8, 4) is 0 Å². The Morgan fingerprint density at radius 3 is 2.74 bits per heavy atom. The first-order valence-electron chi connectivity index (χ1n) is 7.01. The van der Waals surface area contributed by atoms with Crippen LogP contribution in [0.3, 0.4) is 0 Å². The minimum Gasteiger partial charge on any atom is -0.481 e. The van der Waals surface area contributed by atoms with Crippen LogP contribution in [0.1, 0.15) is 57.7 Å². The summed E-state index contributed by atoms with van der Waals surface area (Å²) in [5.41, 5.74) is 0. The quantitative estimate of drug-likeness (QED) is 0.511. The zero-order chi connectivity index (χ0) is 14.1. The average molecular weight is 285 g/mol. The molecule has 0 atom stereocenters. The van der Waals surface area contributed by atoms with Crippen molar-refractivity contribution in [2.75, 3.05) is 0 Å². The van der Waals surface area contributed by atoms with Crippen LogP contribution in [-0.4, -0.2) is 25.8 Å². The molecule has 0 bridgehead atoms. The number of hydrogen-bond acceptors (Lipinski definition) is 3. The minimum absolute atomic E-state index is 0.273. The van der Waals surface area contributed by atoms with Crippen LogP contribution in [0.4, 0.5) is 0 Å². The van der Waals surface area contributed by atoms with Gasteiger partial charge in [0.05, 0.1) is 0 Å². The SMILES string of the molecule is CCCCn1c(CCCCCCC(=O)O)n[nH]c1=S. The molecule has 1 aromatic rings. The lowest BCUT2D eigenvalue weighted by molar-refractivity contribution is -0.137. The van der Waals surface area contributed by atoms with E-state index < -0.39 is 5.97 Å². The van der Waals surface area contributed by atoms with Crippen molar-refractivity contribution in [2.45, 2.75) is 64.8 Å². The number of nitrogens with one attached hydrogen (secondary N) is 1. The Kier molecular flexibility index (Phi) is 7.40. The Morgan fingerprint density at radius 2 is 2.05 bits per heavy atom. The lowest BCUT2D eigenvalue weighted by Crippen LogP contribution is -2.04. The van der Waals surface area contributed by atoms with Crippen molar-refractivity contribution < 1.29 is 9.90 Å². The van der Waals surface area contributed by atoms with Crippen LogP contribution in [0.2, 0.25) is 0 Å². The molecule has 2 N–H and O–H groups in total. The second-order valence-electron chi connectivity index (χ2n) is 4.76. The molecule has 1 heterocycles. The third kappa shape index (κ3) is 6.00. The zero-order valence-corrected chi connectivity index (χ0v) is 12.3. The first-order chi connectivity index (χ1) is 9.15. The van der Waals surface area contributed by atoms with Gasteiger partial charge < -0.3 is 9.67 Å². The molecule has 0 fully saturated rings. The highest BCUT2D eigenvalue weighted by Crippen LogP contribution is 2.09. The second kappa shape index (κ2) is 8.85. The molecule has 0 unspecified atom stereocenters. The third-order valence-corrected chi connectivity index (χ3v) is 3.43. The number of aromatic amines is 1. The van der Waals surface area contributed by atoms with Gasteiger partial charge in [0.15, 0.2) is 4.77 Å². The van der Waals surface area contributed by atoms with Crippen LogP contribution in [0, 0.1) is 4.77 Å². The molecule has 0 aliphatic heterocycles. The van der Waals surface area contributed by atoms with Crippen LogP contribution < -0.4 is 0 Å². The van der Waals surface area contributed by atoms with E-state index in [2.05, 4.69) is 21.7 Å². The van der Waals surface area contributed by atoms with E-state index in [1.807, 2.05) is 0 Å². The predicted octanol–water partition coefficient (Wildman–Crippen LogP) is 3.32. The molecule has 0 amide bonds. The molecule has 1 rings (SSSR count). The summed E-state index contributed by atoms with van der Waals surface area (Å²) in [6, 6.07) is 0. The molecule has 108 valence electrons. The molecule has 0 aliphatic rings. The molecular formula is C13H23N3O2S. The maximum atomic E-state index is 10.4. The molecule has 0 saturated heterocycles. The number of rotatable bonds is 10. The summed E-state index contributed by atoms with van der Waals surface area (Å²) in [6.45, 7) is 3.09. The van der Waals surface area contributed by atoms with E-state index in [0.29, 0.717) is 4.77 Å². The first kappa shape index (κ1) is 15.9. The second-order valence-corrected chi connectivity index (χ2v) is 5.14. The molecule has 0 aromatic carbocycles. The van der Waals surface area contributed by atoms with E-state index in [9.17, 15) is 4.79 Å². The van der Waals surface area contributed by atoms with E-state index in [1.165, 1.54) is 0 Å². The summed E-state index contributed by atoms with van der Waals surface area (Å²) in [7, 11) is 0. The van der Waals surface area contributed by atoms with Gasteiger partial charge in [-0.15, -0.1) is 0 Å². The Labute approximate surface area is 119 Å². The standard InChI is InChI=1S/C13H23N3O2S/c1-2-3-10-16-11(14-15-13(16)19)8-6-4-5-7-9-12(17)18/h2-10H2,1H3,(H,15,19)(H,17,18). The van der Waals surface area contributed by atoms with E-state index in [1.54, 1.807) is 0 Å². The number of unbranched alkanes of at least 4 members (excludes halogenated alkanes) is 4. The number of aliphatic carboxylic acids is 1. The van der Waals surface area contributed by atoms with Crippen molar-refractivity contribution in [1.82, 2.24) is 14.8 Å². The Hall–Kier alpha value is -1.17. The summed E-state index contributed by atoms with van der Waals surface area (Å²) in [4.78, 5) is 10.4. The number of carbonyl (C=O) groups is 1. The van der Waals surface area contributed by atoms with Crippen molar-refractivity contribution in [2.24, 2.45) is 0 Å². The fourth-order valence-corrected chi connectivity index (χ4v) is 2.24. The van der Waals surface area contributed by atoms with Gasteiger partial charge in [0.25, 0.3) is 0 Å². The normalized spacial score (nSPS) is 10.8. The van der Waals surface area contributed by atoms with Crippen LogP contribution in [-0.2, 0) is 17.8 Å². The maximum Gasteiger partial charge on any atom is 0.303 e. The van der Waals surface area contributed by atoms with E-state index in [4.69, 9.17) is 17.3 Å².